The first-order valence-corrected chi connectivity index (χ1v) is 11.4. The van der Waals surface area contributed by atoms with Crippen molar-refractivity contribution in [2.75, 3.05) is 5.75 Å². The Bertz CT molecular complexity index is 947. The van der Waals surface area contributed by atoms with E-state index >= 15 is 0 Å². The lowest BCUT2D eigenvalue weighted by Crippen LogP contribution is -2.33. The summed E-state index contributed by atoms with van der Waals surface area (Å²) in [5.41, 5.74) is -0.0311. The highest BCUT2D eigenvalue weighted by molar-refractivity contribution is 7.80. The number of aromatic carboxylic acids is 1. The van der Waals surface area contributed by atoms with Crippen LogP contribution in [0, 0.1) is 23.5 Å². The molecule has 1 heterocycles. The quantitative estimate of drug-likeness (QED) is 0.403. The fourth-order valence-corrected chi connectivity index (χ4v) is 3.84. The zero-order chi connectivity index (χ0) is 23.8. The number of aromatic nitrogens is 2. The van der Waals surface area contributed by atoms with Crippen molar-refractivity contribution in [1.29, 1.82) is 0 Å². The number of carboxylic acid groups (broad SMARTS) is 1. The standard InChI is InChI=1S/C23H31F2N3O3S/c1-4-5-6-19-26-10-17(11-27-22(29)16(13-32)9-14(2)3)28(19)12-15-7-8-18(23(30)31)21(25)20(15)24/h7-8,10,14,16,32H,4-6,9,11-13H2,1-3H3,(H,27,29)(H,30,31)/t16-/m0/s1. The number of imidazole rings is 1. The fraction of sp³-hybridized carbons (Fsp3) is 0.522. The van der Waals surface area contributed by atoms with Crippen LogP contribution in [-0.2, 0) is 24.3 Å². The Labute approximate surface area is 192 Å². The molecule has 1 amide bonds. The summed E-state index contributed by atoms with van der Waals surface area (Å²) >= 11 is 4.28. The summed E-state index contributed by atoms with van der Waals surface area (Å²) in [6.45, 7) is 6.30. The van der Waals surface area contributed by atoms with Gasteiger partial charge in [-0.1, -0.05) is 33.3 Å². The Balaban J connectivity index is 2.28. The van der Waals surface area contributed by atoms with Gasteiger partial charge in [0.1, 0.15) is 5.82 Å². The van der Waals surface area contributed by atoms with Crippen LogP contribution in [0.1, 0.15) is 67.5 Å². The number of unbranched alkanes of at least 4 members (excludes halogenated alkanes) is 1. The van der Waals surface area contributed by atoms with Crippen molar-refractivity contribution in [2.24, 2.45) is 11.8 Å². The van der Waals surface area contributed by atoms with Gasteiger partial charge in [-0.25, -0.2) is 18.6 Å². The smallest absolute Gasteiger partial charge is 0.338 e. The number of carboxylic acids is 1. The van der Waals surface area contributed by atoms with E-state index in [1.165, 1.54) is 6.07 Å². The highest BCUT2D eigenvalue weighted by Gasteiger charge is 2.21. The van der Waals surface area contributed by atoms with E-state index in [2.05, 4.69) is 22.9 Å². The number of thiol groups is 1. The Morgan fingerprint density at radius 3 is 2.56 bits per heavy atom. The Hall–Kier alpha value is -2.42. The van der Waals surface area contributed by atoms with Crippen molar-refractivity contribution in [3.63, 3.8) is 0 Å². The van der Waals surface area contributed by atoms with E-state index in [4.69, 9.17) is 5.11 Å². The van der Waals surface area contributed by atoms with Gasteiger partial charge in [-0.05, 0) is 24.8 Å². The van der Waals surface area contributed by atoms with Crippen LogP contribution in [0.2, 0.25) is 0 Å². The first-order chi connectivity index (χ1) is 15.2. The van der Waals surface area contributed by atoms with Gasteiger partial charge < -0.3 is 15.0 Å². The molecule has 32 heavy (non-hydrogen) atoms. The molecule has 9 heteroatoms. The highest BCUT2D eigenvalue weighted by Crippen LogP contribution is 2.20. The molecule has 0 radical (unpaired) electrons. The number of nitrogens with one attached hydrogen (secondary N) is 1. The Morgan fingerprint density at radius 2 is 1.97 bits per heavy atom. The van der Waals surface area contributed by atoms with Crippen molar-refractivity contribution in [1.82, 2.24) is 14.9 Å². The summed E-state index contributed by atoms with van der Waals surface area (Å²) in [7, 11) is 0. The molecule has 0 aliphatic heterocycles. The molecule has 0 saturated carbocycles. The molecule has 2 rings (SSSR count). The first kappa shape index (κ1) is 25.8. The number of hydrogen-bond donors (Lipinski definition) is 3. The molecule has 1 aromatic heterocycles. The van der Waals surface area contributed by atoms with E-state index in [1.54, 1.807) is 10.8 Å². The summed E-state index contributed by atoms with van der Waals surface area (Å²) in [4.78, 5) is 28.1. The normalized spacial score (nSPS) is 12.2. The van der Waals surface area contributed by atoms with E-state index in [1.807, 2.05) is 20.8 Å². The zero-order valence-corrected chi connectivity index (χ0v) is 19.6. The molecule has 0 aliphatic carbocycles. The molecule has 176 valence electrons. The van der Waals surface area contributed by atoms with Crippen LogP contribution in [0.4, 0.5) is 8.78 Å². The predicted octanol–water partition coefficient (Wildman–Crippen LogP) is 4.46. The van der Waals surface area contributed by atoms with Crippen molar-refractivity contribution < 1.29 is 23.5 Å². The van der Waals surface area contributed by atoms with E-state index < -0.39 is 23.2 Å². The fourth-order valence-electron chi connectivity index (χ4n) is 3.53. The molecule has 0 aliphatic rings. The lowest BCUT2D eigenvalue weighted by Gasteiger charge is -2.18. The van der Waals surface area contributed by atoms with E-state index in [9.17, 15) is 18.4 Å². The van der Waals surface area contributed by atoms with E-state index in [-0.39, 0.29) is 30.5 Å². The molecule has 1 aromatic carbocycles. The van der Waals surface area contributed by atoms with Gasteiger partial charge in [0.05, 0.1) is 30.5 Å². The summed E-state index contributed by atoms with van der Waals surface area (Å²) in [6.07, 6.45) is 4.80. The SMILES string of the molecule is CCCCc1ncc(CNC(=O)[C@H](CS)CC(C)C)n1Cc1ccc(C(=O)O)c(F)c1F. The summed E-state index contributed by atoms with van der Waals surface area (Å²) in [5.74, 6) is -2.94. The van der Waals surface area contributed by atoms with Crippen LogP contribution in [-0.4, -0.2) is 32.3 Å². The van der Waals surface area contributed by atoms with E-state index in [0.29, 0.717) is 29.6 Å². The van der Waals surface area contributed by atoms with Gasteiger partial charge in [0.25, 0.3) is 0 Å². The van der Waals surface area contributed by atoms with Crippen molar-refractivity contribution in [3.05, 3.63) is 52.6 Å². The molecular formula is C23H31F2N3O3S. The van der Waals surface area contributed by atoms with Gasteiger partial charge in [0.2, 0.25) is 5.91 Å². The van der Waals surface area contributed by atoms with Crippen LogP contribution in [0.5, 0.6) is 0 Å². The number of benzene rings is 1. The van der Waals surface area contributed by atoms with Gasteiger partial charge >= 0.3 is 5.97 Å². The summed E-state index contributed by atoms with van der Waals surface area (Å²) in [6, 6.07) is 2.33. The average Bonchev–Trinajstić information content (AvgIpc) is 3.12. The highest BCUT2D eigenvalue weighted by atomic mass is 32.1. The molecule has 2 aromatic rings. The van der Waals surface area contributed by atoms with Crippen LogP contribution in [0.3, 0.4) is 0 Å². The number of halogens is 2. The molecule has 0 spiro atoms. The van der Waals surface area contributed by atoms with Crippen LogP contribution < -0.4 is 5.32 Å². The monoisotopic (exact) mass is 467 g/mol. The minimum Gasteiger partial charge on any atom is -0.478 e. The maximum atomic E-state index is 14.6. The third-order valence-electron chi connectivity index (χ3n) is 5.29. The summed E-state index contributed by atoms with van der Waals surface area (Å²) in [5, 5.41) is 11.9. The van der Waals surface area contributed by atoms with Gasteiger partial charge in [-0.2, -0.15) is 12.6 Å². The molecular weight excluding hydrogens is 436 g/mol. The molecule has 0 fully saturated rings. The molecule has 0 bridgehead atoms. The van der Waals surface area contributed by atoms with Crippen molar-refractivity contribution in [2.45, 2.75) is 59.5 Å². The number of carbonyl (C=O) groups excluding carboxylic acids is 1. The zero-order valence-electron chi connectivity index (χ0n) is 18.7. The number of amides is 1. The third-order valence-corrected chi connectivity index (χ3v) is 5.73. The Kier molecular flexibility index (Phi) is 9.68. The second-order valence-corrected chi connectivity index (χ2v) is 8.65. The second-order valence-electron chi connectivity index (χ2n) is 8.29. The number of nitrogens with zero attached hydrogens (tertiary/aromatic N) is 2. The van der Waals surface area contributed by atoms with Gasteiger partial charge in [-0.15, -0.1) is 0 Å². The molecule has 0 unspecified atom stereocenters. The molecule has 2 N–H and O–H groups in total. The van der Waals surface area contributed by atoms with Crippen molar-refractivity contribution in [3.8, 4) is 0 Å². The first-order valence-electron chi connectivity index (χ1n) is 10.8. The average molecular weight is 468 g/mol. The molecule has 0 saturated heterocycles. The van der Waals surface area contributed by atoms with Crippen molar-refractivity contribution >= 4 is 24.5 Å². The maximum absolute atomic E-state index is 14.6. The van der Waals surface area contributed by atoms with Crippen LogP contribution in [0.15, 0.2) is 18.3 Å². The Morgan fingerprint density at radius 1 is 1.25 bits per heavy atom. The lowest BCUT2D eigenvalue weighted by atomic mass is 9.98. The molecule has 6 nitrogen and oxygen atoms in total. The van der Waals surface area contributed by atoms with Gasteiger partial charge in [0.15, 0.2) is 11.6 Å². The second kappa shape index (κ2) is 12.0. The minimum absolute atomic E-state index is 0.0175. The predicted molar refractivity (Wildman–Crippen MR) is 122 cm³/mol. The number of carbonyl (C=O) groups is 2. The summed E-state index contributed by atoms with van der Waals surface area (Å²) < 4.78 is 30.5. The van der Waals surface area contributed by atoms with Crippen LogP contribution >= 0.6 is 12.6 Å². The van der Waals surface area contributed by atoms with Gasteiger partial charge in [-0.3, -0.25) is 4.79 Å². The topological polar surface area (TPSA) is 84.2 Å². The van der Waals surface area contributed by atoms with E-state index in [0.717, 1.165) is 25.3 Å². The third kappa shape index (κ3) is 6.54. The lowest BCUT2D eigenvalue weighted by molar-refractivity contribution is -0.124. The maximum Gasteiger partial charge on any atom is 0.338 e. The van der Waals surface area contributed by atoms with Crippen LogP contribution in [0.25, 0.3) is 0 Å². The number of rotatable bonds is 12. The number of aryl methyl sites for hydroxylation is 1. The number of hydrogen-bond acceptors (Lipinski definition) is 4. The molecule has 1 atom stereocenters. The van der Waals surface area contributed by atoms with Gasteiger partial charge in [0, 0.05) is 23.7 Å². The minimum atomic E-state index is -1.53. The largest absolute Gasteiger partial charge is 0.478 e.